The van der Waals surface area contributed by atoms with Crippen LogP contribution in [0.25, 0.3) is 0 Å². The van der Waals surface area contributed by atoms with Gasteiger partial charge in [0.25, 0.3) is 0 Å². The topological polar surface area (TPSA) is 17.1 Å². The molecule has 44 valence electrons. The Morgan fingerprint density at radius 1 is 1.57 bits per heavy atom. The van der Waals surface area contributed by atoms with Crippen LogP contribution in [0.2, 0.25) is 0 Å². The van der Waals surface area contributed by atoms with Crippen molar-refractivity contribution in [2.75, 3.05) is 12.8 Å². The Bertz CT molecular complexity index is 61.1. The van der Waals surface area contributed by atoms with Crippen molar-refractivity contribution in [3.63, 3.8) is 0 Å². The molecule has 0 radical (unpaired) electrons. The van der Waals surface area contributed by atoms with Gasteiger partial charge in [-0.05, 0) is 19.2 Å². The highest BCUT2D eigenvalue weighted by atomic mass is 31.1. The van der Waals surface area contributed by atoms with Gasteiger partial charge in [-0.15, -0.1) is 0 Å². The maximum atomic E-state index is 10.4. The quantitative estimate of drug-likeness (QED) is 0.520. The van der Waals surface area contributed by atoms with Crippen LogP contribution in [0.5, 0.6) is 0 Å². The monoisotopic (exact) mass is 120 g/mol. The molecule has 0 saturated heterocycles. The first kappa shape index (κ1) is 7.23. The third-order valence-electron chi connectivity index (χ3n) is 0.882. The van der Waals surface area contributed by atoms with E-state index in [1.54, 1.807) is 0 Å². The summed E-state index contributed by atoms with van der Waals surface area (Å²) in [4.78, 5) is 0. The number of rotatable bonds is 3. The zero-order valence-electron chi connectivity index (χ0n) is 5.03. The van der Waals surface area contributed by atoms with Crippen LogP contribution < -0.4 is 0 Å². The molecule has 0 N–H and O–H groups in total. The second-order valence-corrected chi connectivity index (χ2v) is 3.71. The van der Waals surface area contributed by atoms with E-state index in [9.17, 15) is 4.57 Å². The van der Waals surface area contributed by atoms with Gasteiger partial charge in [0.05, 0.1) is 7.80 Å². The van der Waals surface area contributed by atoms with Gasteiger partial charge < -0.3 is 4.57 Å². The molecule has 0 aliphatic rings. The standard InChI is InChI=1S/C5H13OP/c1-3-4-5-7(2)6/h7H,3-5H2,1-2H3. The highest BCUT2D eigenvalue weighted by molar-refractivity contribution is 7.43. The fraction of sp³-hybridized carbons (Fsp3) is 1.00. The maximum absolute atomic E-state index is 10.4. The van der Waals surface area contributed by atoms with Crippen LogP contribution in [0.1, 0.15) is 19.8 Å². The summed E-state index contributed by atoms with van der Waals surface area (Å²) in [5.74, 6) is 0. The first-order valence-corrected chi connectivity index (χ1v) is 4.88. The highest BCUT2D eigenvalue weighted by Crippen LogP contribution is 2.14. The second kappa shape index (κ2) is 4.39. The van der Waals surface area contributed by atoms with E-state index in [1.165, 1.54) is 6.42 Å². The van der Waals surface area contributed by atoms with Crippen LogP contribution in [0.4, 0.5) is 0 Å². The van der Waals surface area contributed by atoms with E-state index >= 15 is 0 Å². The van der Waals surface area contributed by atoms with E-state index < -0.39 is 7.80 Å². The average molecular weight is 120 g/mol. The minimum absolute atomic E-state index is 0.946. The van der Waals surface area contributed by atoms with Crippen molar-refractivity contribution >= 4 is 7.80 Å². The lowest BCUT2D eigenvalue weighted by atomic mass is 10.4. The Balaban J connectivity index is 2.82. The van der Waals surface area contributed by atoms with Gasteiger partial charge in [-0.1, -0.05) is 13.3 Å². The minimum atomic E-state index is -1.15. The summed E-state index contributed by atoms with van der Waals surface area (Å²) in [6, 6.07) is 0. The summed E-state index contributed by atoms with van der Waals surface area (Å²) in [5.41, 5.74) is 0. The van der Waals surface area contributed by atoms with Crippen LogP contribution in [-0.4, -0.2) is 12.8 Å². The zero-order chi connectivity index (χ0) is 5.70. The lowest BCUT2D eigenvalue weighted by Gasteiger charge is -1.88. The molecule has 7 heavy (non-hydrogen) atoms. The Hall–Kier alpha value is 0.230. The summed E-state index contributed by atoms with van der Waals surface area (Å²) in [5, 5.41) is 0. The number of hydrogen-bond donors (Lipinski definition) is 0. The van der Waals surface area contributed by atoms with Gasteiger partial charge in [0.2, 0.25) is 0 Å². The molecule has 0 rings (SSSR count). The normalized spacial score (nSPS) is 14.0. The molecule has 1 unspecified atom stereocenters. The number of unbranched alkanes of at least 4 members (excludes halogenated alkanes) is 1. The Morgan fingerprint density at radius 3 is 2.29 bits per heavy atom. The first-order chi connectivity index (χ1) is 3.27. The molecule has 0 saturated carbocycles. The SMILES string of the molecule is CCCC[PH](C)=O. The predicted octanol–water partition coefficient (Wildman–Crippen LogP) is 1.98. The second-order valence-electron chi connectivity index (χ2n) is 1.81. The van der Waals surface area contributed by atoms with Gasteiger partial charge in [-0.3, -0.25) is 0 Å². The molecule has 0 aromatic heterocycles. The molecule has 0 heterocycles. The minimum Gasteiger partial charge on any atom is -0.327 e. The third-order valence-corrected chi connectivity index (χ3v) is 1.94. The van der Waals surface area contributed by atoms with Gasteiger partial charge >= 0.3 is 0 Å². The molecule has 0 amide bonds. The van der Waals surface area contributed by atoms with Crippen LogP contribution in [-0.2, 0) is 4.57 Å². The Labute approximate surface area is 45.9 Å². The van der Waals surface area contributed by atoms with Crippen molar-refractivity contribution in [1.82, 2.24) is 0 Å². The number of hydrogen-bond acceptors (Lipinski definition) is 1. The van der Waals surface area contributed by atoms with Crippen molar-refractivity contribution in [3.05, 3.63) is 0 Å². The lowest BCUT2D eigenvalue weighted by molar-refractivity contribution is 0.589. The van der Waals surface area contributed by atoms with Crippen molar-refractivity contribution < 1.29 is 4.57 Å². The third kappa shape index (κ3) is 6.23. The predicted molar refractivity (Wildman–Crippen MR) is 34.7 cm³/mol. The highest BCUT2D eigenvalue weighted by Gasteiger charge is 1.85. The fourth-order valence-electron chi connectivity index (χ4n) is 0.426. The molecule has 1 nitrogen and oxygen atoms in total. The van der Waals surface area contributed by atoms with Gasteiger partial charge in [-0.25, -0.2) is 0 Å². The molecule has 0 spiro atoms. The van der Waals surface area contributed by atoms with Crippen LogP contribution in [0.3, 0.4) is 0 Å². The van der Waals surface area contributed by atoms with Gasteiger partial charge in [0.1, 0.15) is 0 Å². The van der Waals surface area contributed by atoms with Crippen LogP contribution >= 0.6 is 7.80 Å². The van der Waals surface area contributed by atoms with Gasteiger partial charge in [0.15, 0.2) is 0 Å². The van der Waals surface area contributed by atoms with Gasteiger partial charge in [0, 0.05) is 0 Å². The van der Waals surface area contributed by atoms with Gasteiger partial charge in [-0.2, -0.15) is 0 Å². The van der Waals surface area contributed by atoms with E-state index in [0.29, 0.717) is 0 Å². The summed E-state index contributed by atoms with van der Waals surface area (Å²) < 4.78 is 10.4. The molecule has 0 aliphatic heterocycles. The largest absolute Gasteiger partial charge is 0.327 e. The molecule has 2 heteroatoms. The maximum Gasteiger partial charge on any atom is 0.0732 e. The molecule has 0 aliphatic carbocycles. The zero-order valence-corrected chi connectivity index (χ0v) is 6.03. The van der Waals surface area contributed by atoms with Crippen molar-refractivity contribution in [1.29, 1.82) is 0 Å². The van der Waals surface area contributed by atoms with Crippen molar-refractivity contribution in [2.24, 2.45) is 0 Å². The Kier molecular flexibility index (Phi) is 4.53. The fourth-order valence-corrected chi connectivity index (χ4v) is 1.28. The van der Waals surface area contributed by atoms with Crippen LogP contribution in [0.15, 0.2) is 0 Å². The summed E-state index contributed by atoms with van der Waals surface area (Å²) in [7, 11) is -1.15. The smallest absolute Gasteiger partial charge is 0.0732 e. The van der Waals surface area contributed by atoms with E-state index in [1.807, 2.05) is 6.66 Å². The van der Waals surface area contributed by atoms with E-state index in [2.05, 4.69) is 6.92 Å². The molecule has 0 aromatic rings. The summed E-state index contributed by atoms with van der Waals surface area (Å²) in [6.07, 6.45) is 3.25. The molecular formula is C5H13OP. The molecule has 0 bridgehead atoms. The van der Waals surface area contributed by atoms with Crippen molar-refractivity contribution in [2.45, 2.75) is 19.8 Å². The van der Waals surface area contributed by atoms with E-state index in [4.69, 9.17) is 0 Å². The average Bonchev–Trinajstić information content (AvgIpc) is 1.61. The first-order valence-electron chi connectivity index (χ1n) is 2.76. The summed E-state index contributed by atoms with van der Waals surface area (Å²) >= 11 is 0. The van der Waals surface area contributed by atoms with E-state index in [0.717, 1.165) is 12.6 Å². The van der Waals surface area contributed by atoms with E-state index in [-0.39, 0.29) is 0 Å². The molecule has 1 atom stereocenters. The molecule has 0 fully saturated rings. The lowest BCUT2D eigenvalue weighted by Crippen LogP contribution is -1.72. The molecular weight excluding hydrogens is 107 g/mol. The van der Waals surface area contributed by atoms with Crippen LogP contribution in [0, 0.1) is 0 Å². The van der Waals surface area contributed by atoms with Crippen molar-refractivity contribution in [3.8, 4) is 0 Å². The summed E-state index contributed by atoms with van der Waals surface area (Å²) in [6.45, 7) is 3.94. The Morgan fingerprint density at radius 2 is 2.14 bits per heavy atom. The molecule has 0 aromatic carbocycles.